The fourth-order valence-electron chi connectivity index (χ4n) is 2.13. The Morgan fingerprint density at radius 2 is 2.13 bits per heavy atom. The summed E-state index contributed by atoms with van der Waals surface area (Å²) in [7, 11) is 4.06. The number of nitrogen functional groups attached to an aromatic ring is 1. The second-order valence-electron chi connectivity index (χ2n) is 5.39. The van der Waals surface area contributed by atoms with Crippen LogP contribution in [-0.4, -0.2) is 42.1 Å². The predicted octanol–water partition coefficient (Wildman–Crippen LogP) is 3.64. The SMILES string of the molecule is CN(C)CCOc1ccc2sc(-c3nc(N)ncc3Br)cc2c1. The van der Waals surface area contributed by atoms with Crippen LogP contribution in [0.25, 0.3) is 20.7 Å². The molecule has 0 radical (unpaired) electrons. The van der Waals surface area contributed by atoms with Crippen molar-refractivity contribution in [2.75, 3.05) is 33.0 Å². The molecule has 0 saturated heterocycles. The highest BCUT2D eigenvalue weighted by atomic mass is 79.9. The van der Waals surface area contributed by atoms with E-state index in [9.17, 15) is 0 Å². The van der Waals surface area contributed by atoms with Gasteiger partial charge in [0.2, 0.25) is 5.95 Å². The fraction of sp³-hybridized carbons (Fsp3) is 0.250. The molecule has 3 rings (SSSR count). The van der Waals surface area contributed by atoms with E-state index in [0.29, 0.717) is 6.61 Å². The smallest absolute Gasteiger partial charge is 0.220 e. The molecule has 0 unspecified atom stereocenters. The van der Waals surface area contributed by atoms with Gasteiger partial charge in [0.05, 0.1) is 15.0 Å². The molecule has 2 aromatic heterocycles. The van der Waals surface area contributed by atoms with Gasteiger partial charge in [-0.25, -0.2) is 9.97 Å². The van der Waals surface area contributed by atoms with Gasteiger partial charge in [0.15, 0.2) is 0 Å². The molecule has 0 aliphatic heterocycles. The molecule has 120 valence electrons. The Bertz CT molecular complexity index is 834. The number of nitrogens with two attached hydrogens (primary N) is 1. The lowest BCUT2D eigenvalue weighted by Gasteiger charge is -2.10. The van der Waals surface area contributed by atoms with Crippen LogP contribution in [0.3, 0.4) is 0 Å². The molecular formula is C16H17BrN4OS. The van der Waals surface area contributed by atoms with Crippen LogP contribution in [0.4, 0.5) is 5.95 Å². The number of benzene rings is 1. The van der Waals surface area contributed by atoms with Crippen LogP contribution in [0.15, 0.2) is 34.9 Å². The molecule has 2 N–H and O–H groups in total. The number of anilines is 1. The summed E-state index contributed by atoms with van der Waals surface area (Å²) < 4.78 is 7.81. The number of halogens is 1. The normalized spacial score (nSPS) is 11.3. The molecule has 0 aliphatic carbocycles. The topological polar surface area (TPSA) is 64.3 Å². The maximum atomic E-state index is 5.79. The Hall–Kier alpha value is -1.70. The van der Waals surface area contributed by atoms with Crippen LogP contribution >= 0.6 is 27.3 Å². The molecule has 7 heteroatoms. The number of likely N-dealkylation sites (N-methyl/N-ethyl adjacent to an activating group) is 1. The molecule has 2 heterocycles. The predicted molar refractivity (Wildman–Crippen MR) is 99.0 cm³/mol. The quantitative estimate of drug-likeness (QED) is 0.717. The van der Waals surface area contributed by atoms with Gasteiger partial charge >= 0.3 is 0 Å². The van der Waals surface area contributed by atoms with Crippen molar-refractivity contribution in [3.05, 3.63) is 34.9 Å². The van der Waals surface area contributed by atoms with Crippen molar-refractivity contribution >= 4 is 43.3 Å². The summed E-state index contributed by atoms with van der Waals surface area (Å²) in [6, 6.07) is 8.24. The van der Waals surface area contributed by atoms with E-state index in [2.05, 4.69) is 49.0 Å². The molecule has 0 fully saturated rings. The van der Waals surface area contributed by atoms with Gasteiger partial charge in [-0.2, -0.15) is 0 Å². The zero-order valence-corrected chi connectivity index (χ0v) is 15.3. The lowest BCUT2D eigenvalue weighted by atomic mass is 10.2. The summed E-state index contributed by atoms with van der Waals surface area (Å²) in [4.78, 5) is 11.4. The summed E-state index contributed by atoms with van der Waals surface area (Å²) in [5, 5.41) is 1.14. The van der Waals surface area contributed by atoms with E-state index in [4.69, 9.17) is 10.5 Å². The number of rotatable bonds is 5. The minimum Gasteiger partial charge on any atom is -0.492 e. The standard InChI is InChI=1S/C16H17BrN4OS/c1-21(2)5-6-22-11-3-4-13-10(7-11)8-14(23-13)15-12(17)9-19-16(18)20-15/h3-4,7-9H,5-6H2,1-2H3,(H2,18,19,20). The van der Waals surface area contributed by atoms with Crippen molar-refractivity contribution in [1.82, 2.24) is 14.9 Å². The van der Waals surface area contributed by atoms with Crippen molar-refractivity contribution < 1.29 is 4.74 Å². The van der Waals surface area contributed by atoms with Gasteiger partial charge in [0.25, 0.3) is 0 Å². The number of fused-ring (bicyclic) bond motifs is 1. The number of aromatic nitrogens is 2. The third-order valence-corrected chi connectivity index (χ3v) is 4.99. The number of ether oxygens (including phenoxy) is 1. The summed E-state index contributed by atoms with van der Waals surface area (Å²) in [5.41, 5.74) is 6.51. The average molecular weight is 393 g/mol. The average Bonchev–Trinajstić information content (AvgIpc) is 2.92. The Balaban J connectivity index is 1.88. The largest absolute Gasteiger partial charge is 0.492 e. The number of hydrogen-bond donors (Lipinski definition) is 1. The Morgan fingerprint density at radius 3 is 2.91 bits per heavy atom. The van der Waals surface area contributed by atoms with Gasteiger partial charge in [0, 0.05) is 17.4 Å². The maximum Gasteiger partial charge on any atom is 0.220 e. The first kappa shape index (κ1) is 16.2. The van der Waals surface area contributed by atoms with Gasteiger partial charge < -0.3 is 15.4 Å². The van der Waals surface area contributed by atoms with E-state index in [1.165, 1.54) is 4.70 Å². The van der Waals surface area contributed by atoms with E-state index in [0.717, 1.165) is 32.7 Å². The first-order chi connectivity index (χ1) is 11.0. The molecular weight excluding hydrogens is 376 g/mol. The zero-order valence-electron chi connectivity index (χ0n) is 12.9. The maximum absolute atomic E-state index is 5.79. The van der Waals surface area contributed by atoms with Crippen LogP contribution in [0.5, 0.6) is 5.75 Å². The molecule has 1 aromatic carbocycles. The molecule has 0 aliphatic rings. The molecule has 0 amide bonds. The van der Waals surface area contributed by atoms with Crippen LogP contribution in [-0.2, 0) is 0 Å². The van der Waals surface area contributed by atoms with Crippen molar-refractivity contribution in [3.63, 3.8) is 0 Å². The van der Waals surface area contributed by atoms with E-state index in [1.54, 1.807) is 17.5 Å². The minimum atomic E-state index is 0.272. The molecule has 0 atom stereocenters. The second-order valence-corrected chi connectivity index (χ2v) is 7.32. The number of nitrogens with zero attached hydrogens (tertiary/aromatic N) is 3. The van der Waals surface area contributed by atoms with Crippen molar-refractivity contribution in [2.24, 2.45) is 0 Å². The third kappa shape index (κ3) is 3.80. The molecule has 23 heavy (non-hydrogen) atoms. The Labute approximate surface area is 147 Å². The molecule has 5 nitrogen and oxygen atoms in total. The van der Waals surface area contributed by atoms with Crippen molar-refractivity contribution in [2.45, 2.75) is 0 Å². The Morgan fingerprint density at radius 1 is 1.30 bits per heavy atom. The summed E-state index contributed by atoms with van der Waals surface area (Å²) >= 11 is 5.15. The summed E-state index contributed by atoms with van der Waals surface area (Å²) in [6.45, 7) is 1.56. The van der Waals surface area contributed by atoms with Gasteiger partial charge in [-0.1, -0.05) is 0 Å². The van der Waals surface area contributed by atoms with Crippen LogP contribution in [0, 0.1) is 0 Å². The first-order valence-corrected chi connectivity index (χ1v) is 8.73. The Kier molecular flexibility index (Phi) is 4.79. The highest BCUT2D eigenvalue weighted by Crippen LogP contribution is 2.37. The molecule has 0 bridgehead atoms. The summed E-state index contributed by atoms with van der Waals surface area (Å²) in [6.07, 6.45) is 1.68. The van der Waals surface area contributed by atoms with E-state index < -0.39 is 0 Å². The van der Waals surface area contributed by atoms with Gasteiger partial charge in [-0.05, 0) is 59.7 Å². The van der Waals surface area contributed by atoms with Crippen molar-refractivity contribution in [1.29, 1.82) is 0 Å². The van der Waals surface area contributed by atoms with Crippen LogP contribution in [0.1, 0.15) is 0 Å². The first-order valence-electron chi connectivity index (χ1n) is 7.12. The van der Waals surface area contributed by atoms with E-state index >= 15 is 0 Å². The lowest BCUT2D eigenvalue weighted by molar-refractivity contribution is 0.261. The van der Waals surface area contributed by atoms with Gasteiger partial charge in [-0.3, -0.25) is 0 Å². The lowest BCUT2D eigenvalue weighted by Crippen LogP contribution is -2.19. The van der Waals surface area contributed by atoms with E-state index in [1.807, 2.05) is 20.2 Å². The second kappa shape index (κ2) is 6.82. The fourth-order valence-corrected chi connectivity index (χ4v) is 3.71. The van der Waals surface area contributed by atoms with Gasteiger partial charge in [0.1, 0.15) is 12.4 Å². The number of thiophene rings is 1. The minimum absolute atomic E-state index is 0.272. The zero-order chi connectivity index (χ0) is 16.4. The molecule has 3 aromatic rings. The third-order valence-electron chi connectivity index (χ3n) is 3.29. The van der Waals surface area contributed by atoms with Crippen LogP contribution in [0.2, 0.25) is 0 Å². The van der Waals surface area contributed by atoms with E-state index in [-0.39, 0.29) is 5.95 Å². The molecule has 0 spiro atoms. The number of hydrogen-bond acceptors (Lipinski definition) is 6. The van der Waals surface area contributed by atoms with Crippen molar-refractivity contribution in [3.8, 4) is 16.3 Å². The highest BCUT2D eigenvalue weighted by molar-refractivity contribution is 9.10. The van der Waals surface area contributed by atoms with Crippen LogP contribution < -0.4 is 10.5 Å². The van der Waals surface area contributed by atoms with Gasteiger partial charge in [-0.15, -0.1) is 11.3 Å². The monoisotopic (exact) mass is 392 g/mol. The summed E-state index contributed by atoms with van der Waals surface area (Å²) in [5.74, 6) is 1.15. The highest BCUT2D eigenvalue weighted by Gasteiger charge is 2.11. The molecule has 0 saturated carbocycles.